The van der Waals surface area contributed by atoms with Crippen molar-refractivity contribution >= 4 is 45.7 Å². The molecule has 2 N–H and O–H groups in total. The second-order valence-corrected chi connectivity index (χ2v) is 7.05. The molecule has 152 valence electrons. The fourth-order valence-electron chi connectivity index (χ4n) is 3.12. The van der Waals surface area contributed by atoms with Crippen LogP contribution in [0.15, 0.2) is 48.7 Å². The van der Waals surface area contributed by atoms with Gasteiger partial charge in [-0.3, -0.25) is 4.79 Å². The minimum Gasteiger partial charge on any atom is -0.495 e. The number of benzene rings is 2. The molecule has 2 aromatic heterocycles. The zero-order chi connectivity index (χ0) is 21.3. The molecule has 0 radical (unpaired) electrons. The van der Waals surface area contributed by atoms with Gasteiger partial charge in [0.05, 0.1) is 30.1 Å². The topological polar surface area (TPSA) is 94.0 Å². The van der Waals surface area contributed by atoms with Gasteiger partial charge in [0.2, 0.25) is 5.91 Å². The number of rotatable bonds is 5. The predicted octanol–water partition coefficient (Wildman–Crippen LogP) is 4.49. The van der Waals surface area contributed by atoms with Crippen LogP contribution in [-0.2, 0) is 4.79 Å². The monoisotopic (exact) mass is 422 g/mol. The maximum Gasteiger partial charge on any atom is 0.221 e. The van der Waals surface area contributed by atoms with Crippen molar-refractivity contribution < 1.29 is 9.53 Å². The highest BCUT2D eigenvalue weighted by molar-refractivity contribution is 6.30. The molecule has 30 heavy (non-hydrogen) atoms. The molecule has 2 aromatic carbocycles. The summed E-state index contributed by atoms with van der Waals surface area (Å²) in [5.74, 6) is 1.57. The summed E-state index contributed by atoms with van der Waals surface area (Å²) in [4.78, 5) is 20.6. The molecule has 8 nitrogen and oxygen atoms in total. The van der Waals surface area contributed by atoms with E-state index in [-0.39, 0.29) is 5.91 Å². The molecule has 0 fully saturated rings. The number of ether oxygens (including phenoxy) is 1. The maximum atomic E-state index is 11.5. The van der Waals surface area contributed by atoms with Crippen molar-refractivity contribution in [3.8, 4) is 11.4 Å². The van der Waals surface area contributed by atoms with Crippen LogP contribution in [-0.4, -0.2) is 32.8 Å². The van der Waals surface area contributed by atoms with Gasteiger partial charge in [-0.1, -0.05) is 17.7 Å². The molecule has 9 heteroatoms. The van der Waals surface area contributed by atoms with Crippen molar-refractivity contribution in [3.63, 3.8) is 0 Å². The van der Waals surface area contributed by atoms with Crippen molar-refractivity contribution in [3.05, 3.63) is 59.5 Å². The van der Waals surface area contributed by atoms with E-state index in [0.29, 0.717) is 33.7 Å². The summed E-state index contributed by atoms with van der Waals surface area (Å²) in [5, 5.41) is 11.9. The first kappa shape index (κ1) is 19.7. The fourth-order valence-corrected chi connectivity index (χ4v) is 3.30. The Morgan fingerprint density at radius 3 is 2.73 bits per heavy atom. The molecule has 4 aromatic rings. The number of hydrogen-bond donors (Lipinski definition) is 2. The fraction of sp³-hybridized carbons (Fsp3) is 0.143. The van der Waals surface area contributed by atoms with Crippen LogP contribution in [0.5, 0.6) is 5.75 Å². The van der Waals surface area contributed by atoms with Crippen LogP contribution in [0.1, 0.15) is 12.7 Å². The third-order valence-electron chi connectivity index (χ3n) is 4.37. The number of carbonyl (C=O) groups excluding carboxylic acids is 1. The summed E-state index contributed by atoms with van der Waals surface area (Å²) >= 11 is 6.13. The van der Waals surface area contributed by atoms with Gasteiger partial charge in [0.15, 0.2) is 5.65 Å². The average Bonchev–Trinajstić information content (AvgIpc) is 3.12. The molecule has 0 bridgehead atoms. The molecule has 0 aliphatic heterocycles. The summed E-state index contributed by atoms with van der Waals surface area (Å²) in [5.41, 5.74) is 2.75. The van der Waals surface area contributed by atoms with Crippen LogP contribution in [0.3, 0.4) is 0 Å². The van der Waals surface area contributed by atoms with E-state index < -0.39 is 0 Å². The van der Waals surface area contributed by atoms with E-state index in [2.05, 4.69) is 25.7 Å². The van der Waals surface area contributed by atoms with E-state index in [1.807, 2.05) is 31.2 Å². The van der Waals surface area contributed by atoms with Crippen LogP contribution < -0.4 is 15.4 Å². The number of aromatic nitrogens is 4. The molecule has 0 atom stereocenters. The molecule has 0 unspecified atom stereocenters. The SMILES string of the molecule is COc1ccc(Nc2nc(C)nc3c2cnn3-c2cccc(Cl)c2)cc1NC(C)=O. The van der Waals surface area contributed by atoms with Crippen LogP contribution in [0.2, 0.25) is 5.02 Å². The molecule has 0 aliphatic rings. The maximum absolute atomic E-state index is 11.5. The van der Waals surface area contributed by atoms with Gasteiger partial charge in [-0.15, -0.1) is 0 Å². The Morgan fingerprint density at radius 1 is 1.17 bits per heavy atom. The highest BCUT2D eigenvalue weighted by Crippen LogP contribution is 2.31. The lowest BCUT2D eigenvalue weighted by molar-refractivity contribution is -0.114. The molecule has 2 heterocycles. The minimum atomic E-state index is -0.187. The van der Waals surface area contributed by atoms with Crippen LogP contribution >= 0.6 is 11.6 Å². The lowest BCUT2D eigenvalue weighted by Crippen LogP contribution is -2.08. The van der Waals surface area contributed by atoms with Gasteiger partial charge >= 0.3 is 0 Å². The first-order valence-corrected chi connectivity index (χ1v) is 9.53. The number of aryl methyl sites for hydroxylation is 1. The molecular weight excluding hydrogens is 404 g/mol. The Bertz CT molecular complexity index is 1250. The van der Waals surface area contributed by atoms with Gasteiger partial charge < -0.3 is 15.4 Å². The van der Waals surface area contributed by atoms with Crippen molar-refractivity contribution in [1.82, 2.24) is 19.7 Å². The van der Waals surface area contributed by atoms with Crippen LogP contribution in [0, 0.1) is 6.92 Å². The lowest BCUT2D eigenvalue weighted by Gasteiger charge is -2.13. The second kappa shape index (κ2) is 8.00. The first-order valence-electron chi connectivity index (χ1n) is 9.15. The molecule has 0 aliphatic carbocycles. The molecule has 0 spiro atoms. The van der Waals surface area contributed by atoms with Crippen molar-refractivity contribution in [2.24, 2.45) is 0 Å². The number of nitrogens with one attached hydrogen (secondary N) is 2. The largest absolute Gasteiger partial charge is 0.495 e. The number of methoxy groups -OCH3 is 1. The molecular formula is C21H19ClN6O2. The third-order valence-corrected chi connectivity index (χ3v) is 4.60. The standard InChI is InChI=1S/C21H19ClN6O2/c1-12-24-20(27-15-7-8-19(30-3)18(10-15)26-13(2)29)17-11-23-28(21(17)25-12)16-6-4-5-14(22)9-16/h4-11H,1-3H3,(H,26,29)(H,24,25,27). The van der Waals surface area contributed by atoms with E-state index >= 15 is 0 Å². The van der Waals surface area contributed by atoms with Gasteiger partial charge in [-0.2, -0.15) is 5.10 Å². The van der Waals surface area contributed by atoms with Crippen LogP contribution in [0.4, 0.5) is 17.2 Å². The first-order chi connectivity index (χ1) is 14.4. The number of hydrogen-bond acceptors (Lipinski definition) is 6. The molecule has 0 saturated heterocycles. The summed E-state index contributed by atoms with van der Waals surface area (Å²) in [6.07, 6.45) is 1.70. The van der Waals surface area contributed by atoms with Gasteiger partial charge in [-0.05, 0) is 43.3 Å². The Balaban J connectivity index is 1.76. The quantitative estimate of drug-likeness (QED) is 0.492. The summed E-state index contributed by atoms with van der Waals surface area (Å²) in [7, 11) is 1.55. The Kier molecular flexibility index (Phi) is 5.24. The van der Waals surface area contributed by atoms with Crippen LogP contribution in [0.25, 0.3) is 16.7 Å². The van der Waals surface area contributed by atoms with Gasteiger partial charge in [0.25, 0.3) is 0 Å². The number of halogens is 1. The minimum absolute atomic E-state index is 0.187. The number of nitrogens with zero attached hydrogens (tertiary/aromatic N) is 4. The van der Waals surface area contributed by atoms with E-state index in [1.165, 1.54) is 6.92 Å². The zero-order valence-corrected chi connectivity index (χ0v) is 17.4. The summed E-state index contributed by atoms with van der Waals surface area (Å²) < 4.78 is 7.03. The highest BCUT2D eigenvalue weighted by atomic mass is 35.5. The molecule has 4 rings (SSSR count). The number of fused-ring (bicyclic) bond motifs is 1. The number of carbonyl (C=O) groups is 1. The number of anilines is 3. The molecule has 1 amide bonds. The highest BCUT2D eigenvalue weighted by Gasteiger charge is 2.14. The summed E-state index contributed by atoms with van der Waals surface area (Å²) in [6.45, 7) is 3.26. The van der Waals surface area contributed by atoms with Crippen molar-refractivity contribution in [2.45, 2.75) is 13.8 Å². The van der Waals surface area contributed by atoms with Crippen molar-refractivity contribution in [1.29, 1.82) is 0 Å². The lowest BCUT2D eigenvalue weighted by atomic mass is 10.2. The van der Waals surface area contributed by atoms with Gasteiger partial charge in [0, 0.05) is 17.6 Å². The zero-order valence-electron chi connectivity index (χ0n) is 16.6. The smallest absolute Gasteiger partial charge is 0.221 e. The van der Waals surface area contributed by atoms with E-state index in [1.54, 1.807) is 36.2 Å². The van der Waals surface area contributed by atoms with E-state index in [9.17, 15) is 4.79 Å². The Morgan fingerprint density at radius 2 is 2.00 bits per heavy atom. The third kappa shape index (κ3) is 3.90. The Labute approximate surface area is 177 Å². The number of amides is 1. The van der Waals surface area contributed by atoms with Gasteiger partial charge in [-0.25, -0.2) is 14.6 Å². The predicted molar refractivity (Wildman–Crippen MR) is 117 cm³/mol. The average molecular weight is 423 g/mol. The van der Waals surface area contributed by atoms with Gasteiger partial charge in [0.1, 0.15) is 17.4 Å². The Hall–Kier alpha value is -3.65. The normalized spacial score (nSPS) is 10.8. The molecule has 0 saturated carbocycles. The van der Waals surface area contributed by atoms with Crippen molar-refractivity contribution in [2.75, 3.05) is 17.7 Å². The van der Waals surface area contributed by atoms with E-state index in [0.717, 1.165) is 16.8 Å². The second-order valence-electron chi connectivity index (χ2n) is 6.61. The van der Waals surface area contributed by atoms with E-state index in [4.69, 9.17) is 16.3 Å². The summed E-state index contributed by atoms with van der Waals surface area (Å²) in [6, 6.07) is 12.8.